The van der Waals surface area contributed by atoms with E-state index < -0.39 is 0 Å². The molecule has 0 amide bonds. The summed E-state index contributed by atoms with van der Waals surface area (Å²) >= 11 is 5.90. The maximum absolute atomic E-state index is 13.3. The molecule has 3 heteroatoms. The molecule has 0 aliphatic heterocycles. The zero-order valence-electron chi connectivity index (χ0n) is 12.7. The number of hydrogen-bond acceptors (Lipinski definition) is 1. The van der Waals surface area contributed by atoms with Crippen LogP contribution in [0.4, 0.5) is 4.39 Å². The van der Waals surface area contributed by atoms with Crippen molar-refractivity contribution < 1.29 is 4.39 Å². The van der Waals surface area contributed by atoms with E-state index in [9.17, 15) is 4.39 Å². The first-order valence-corrected chi connectivity index (χ1v) is 7.63. The molecule has 0 aliphatic rings. The van der Waals surface area contributed by atoms with Gasteiger partial charge in [0.1, 0.15) is 5.82 Å². The van der Waals surface area contributed by atoms with E-state index in [2.05, 4.69) is 44.3 Å². The van der Waals surface area contributed by atoms with Crippen molar-refractivity contribution in [3.05, 3.63) is 69.5 Å². The van der Waals surface area contributed by atoms with E-state index in [1.165, 1.54) is 22.8 Å². The molecule has 0 bridgehead atoms. The van der Waals surface area contributed by atoms with E-state index in [4.69, 9.17) is 11.6 Å². The quantitative estimate of drug-likeness (QED) is 0.820. The zero-order valence-corrected chi connectivity index (χ0v) is 13.5. The molecule has 0 heterocycles. The number of likely N-dealkylation sites (N-methyl/N-ethyl adjacent to an activating group) is 1. The van der Waals surface area contributed by atoms with E-state index in [-0.39, 0.29) is 16.9 Å². The summed E-state index contributed by atoms with van der Waals surface area (Å²) in [4.78, 5) is 0. The lowest BCUT2D eigenvalue weighted by Crippen LogP contribution is -2.23. The SMILES string of the molecule is CCNC(Cc1ccc(C)c(C)c1)c1ccc(F)c(Cl)c1. The van der Waals surface area contributed by atoms with E-state index in [1.807, 2.05) is 0 Å². The largest absolute Gasteiger partial charge is 0.310 e. The van der Waals surface area contributed by atoms with Crippen LogP contribution in [0.2, 0.25) is 5.02 Å². The third-order valence-electron chi connectivity index (χ3n) is 3.81. The van der Waals surface area contributed by atoms with Gasteiger partial charge in [0.15, 0.2) is 0 Å². The van der Waals surface area contributed by atoms with Crippen molar-refractivity contribution in [1.82, 2.24) is 5.32 Å². The smallest absolute Gasteiger partial charge is 0.141 e. The number of rotatable bonds is 5. The summed E-state index contributed by atoms with van der Waals surface area (Å²) in [6, 6.07) is 11.6. The molecule has 0 radical (unpaired) electrons. The van der Waals surface area contributed by atoms with Crippen molar-refractivity contribution in [2.24, 2.45) is 0 Å². The maximum atomic E-state index is 13.3. The van der Waals surface area contributed by atoms with Crippen molar-refractivity contribution in [2.45, 2.75) is 33.2 Å². The maximum Gasteiger partial charge on any atom is 0.141 e. The van der Waals surface area contributed by atoms with Crippen molar-refractivity contribution >= 4 is 11.6 Å². The Hall–Kier alpha value is -1.38. The highest BCUT2D eigenvalue weighted by Gasteiger charge is 2.13. The summed E-state index contributed by atoms with van der Waals surface area (Å²) < 4.78 is 13.3. The highest BCUT2D eigenvalue weighted by molar-refractivity contribution is 6.30. The van der Waals surface area contributed by atoms with Crippen LogP contribution in [0.5, 0.6) is 0 Å². The Bertz CT molecular complexity index is 625. The van der Waals surface area contributed by atoms with Gasteiger partial charge >= 0.3 is 0 Å². The summed E-state index contributed by atoms with van der Waals surface area (Å²) in [5.74, 6) is -0.373. The van der Waals surface area contributed by atoms with Gasteiger partial charge in [0.25, 0.3) is 0 Å². The normalized spacial score (nSPS) is 12.4. The molecule has 112 valence electrons. The van der Waals surface area contributed by atoms with Crippen LogP contribution in [0.1, 0.15) is 35.2 Å². The molecule has 1 nitrogen and oxygen atoms in total. The molecule has 0 saturated carbocycles. The molecular formula is C18H21ClFN. The summed E-state index contributed by atoms with van der Waals surface area (Å²) in [6.45, 7) is 7.15. The lowest BCUT2D eigenvalue weighted by Gasteiger charge is -2.19. The average molecular weight is 306 g/mol. The fourth-order valence-corrected chi connectivity index (χ4v) is 2.64. The van der Waals surface area contributed by atoms with Gasteiger partial charge in [-0.05, 0) is 61.2 Å². The summed E-state index contributed by atoms with van der Waals surface area (Å²) in [5, 5.41) is 3.62. The van der Waals surface area contributed by atoms with Gasteiger partial charge in [-0.1, -0.05) is 42.8 Å². The highest BCUT2D eigenvalue weighted by Crippen LogP contribution is 2.24. The number of benzene rings is 2. The number of hydrogen-bond donors (Lipinski definition) is 1. The number of halogens is 2. The first-order valence-electron chi connectivity index (χ1n) is 7.25. The highest BCUT2D eigenvalue weighted by atomic mass is 35.5. The minimum absolute atomic E-state index is 0.134. The predicted molar refractivity (Wildman–Crippen MR) is 87.4 cm³/mol. The summed E-state index contributed by atoms with van der Waals surface area (Å²) in [6.07, 6.45) is 0.858. The molecule has 2 aromatic carbocycles. The molecule has 2 aromatic rings. The summed E-state index contributed by atoms with van der Waals surface area (Å²) in [7, 11) is 0. The number of nitrogens with one attached hydrogen (secondary N) is 1. The van der Waals surface area contributed by atoms with Gasteiger partial charge < -0.3 is 5.32 Å². The molecule has 1 unspecified atom stereocenters. The Balaban J connectivity index is 2.25. The van der Waals surface area contributed by atoms with Gasteiger partial charge in [0.05, 0.1) is 5.02 Å². The summed E-state index contributed by atoms with van der Waals surface area (Å²) in [5.41, 5.74) is 4.87. The first-order chi connectivity index (χ1) is 10.0. The van der Waals surface area contributed by atoms with Gasteiger partial charge in [-0.15, -0.1) is 0 Å². The predicted octanol–water partition coefficient (Wildman–Crippen LogP) is 4.99. The van der Waals surface area contributed by atoms with Crippen LogP contribution < -0.4 is 5.32 Å². The fourth-order valence-electron chi connectivity index (χ4n) is 2.45. The molecule has 0 saturated heterocycles. The molecule has 0 spiro atoms. The Labute approximate surface area is 131 Å². The van der Waals surface area contributed by atoms with Gasteiger partial charge in [-0.2, -0.15) is 0 Å². The van der Waals surface area contributed by atoms with Gasteiger partial charge in [0.2, 0.25) is 0 Å². The fraction of sp³-hybridized carbons (Fsp3) is 0.333. The van der Waals surface area contributed by atoms with Crippen LogP contribution in [0.15, 0.2) is 36.4 Å². The Kier molecular flexibility index (Phi) is 5.38. The Morgan fingerprint density at radius 1 is 1.10 bits per heavy atom. The average Bonchev–Trinajstić information content (AvgIpc) is 2.45. The molecule has 0 aliphatic carbocycles. The lowest BCUT2D eigenvalue weighted by molar-refractivity contribution is 0.547. The van der Waals surface area contributed by atoms with E-state index >= 15 is 0 Å². The molecule has 21 heavy (non-hydrogen) atoms. The van der Waals surface area contributed by atoms with Crippen LogP contribution >= 0.6 is 11.6 Å². The van der Waals surface area contributed by atoms with E-state index in [0.717, 1.165) is 18.5 Å². The standard InChI is InChI=1S/C18H21ClFN/c1-4-21-18(15-7-8-17(20)16(19)11-15)10-14-6-5-12(2)13(3)9-14/h5-9,11,18,21H,4,10H2,1-3H3. The molecule has 1 atom stereocenters. The second kappa shape index (κ2) is 7.06. The second-order valence-corrected chi connectivity index (χ2v) is 5.81. The molecule has 0 aromatic heterocycles. The topological polar surface area (TPSA) is 12.0 Å². The van der Waals surface area contributed by atoms with Crippen molar-refractivity contribution in [2.75, 3.05) is 6.54 Å². The van der Waals surface area contributed by atoms with Crippen LogP contribution in [-0.4, -0.2) is 6.54 Å². The van der Waals surface area contributed by atoms with Crippen LogP contribution in [-0.2, 0) is 6.42 Å². The molecule has 2 rings (SSSR count). The second-order valence-electron chi connectivity index (χ2n) is 5.41. The van der Waals surface area contributed by atoms with E-state index in [1.54, 1.807) is 12.1 Å². The minimum atomic E-state index is -0.373. The van der Waals surface area contributed by atoms with Crippen molar-refractivity contribution in [3.63, 3.8) is 0 Å². The first kappa shape index (κ1) is 16.0. The van der Waals surface area contributed by atoms with Crippen molar-refractivity contribution in [1.29, 1.82) is 0 Å². The van der Waals surface area contributed by atoms with Crippen LogP contribution in [0.25, 0.3) is 0 Å². The molecular weight excluding hydrogens is 285 g/mol. The molecule has 1 N–H and O–H groups in total. The minimum Gasteiger partial charge on any atom is -0.310 e. The van der Waals surface area contributed by atoms with Gasteiger partial charge in [-0.3, -0.25) is 0 Å². The monoisotopic (exact) mass is 305 g/mol. The zero-order chi connectivity index (χ0) is 15.4. The van der Waals surface area contributed by atoms with Crippen LogP contribution in [0.3, 0.4) is 0 Å². The third-order valence-corrected chi connectivity index (χ3v) is 4.10. The van der Waals surface area contributed by atoms with Crippen LogP contribution in [0, 0.1) is 19.7 Å². The van der Waals surface area contributed by atoms with Crippen molar-refractivity contribution in [3.8, 4) is 0 Å². The number of aryl methyl sites for hydroxylation is 2. The van der Waals surface area contributed by atoms with Gasteiger partial charge in [-0.25, -0.2) is 4.39 Å². The lowest BCUT2D eigenvalue weighted by atomic mass is 9.96. The Morgan fingerprint density at radius 3 is 2.48 bits per heavy atom. The Morgan fingerprint density at radius 2 is 1.86 bits per heavy atom. The van der Waals surface area contributed by atoms with Gasteiger partial charge in [0, 0.05) is 6.04 Å². The molecule has 0 fully saturated rings. The van der Waals surface area contributed by atoms with E-state index in [0.29, 0.717) is 0 Å². The third kappa shape index (κ3) is 4.05.